The number of nitrogens with zero attached hydrogens (tertiary/aromatic N) is 2. The molecular formula is C15H21ClN2O. The van der Waals surface area contributed by atoms with E-state index >= 15 is 0 Å². The first kappa shape index (κ1) is 14.4. The van der Waals surface area contributed by atoms with Gasteiger partial charge in [-0.3, -0.25) is 9.69 Å². The molecule has 1 saturated heterocycles. The smallest absolute Gasteiger partial charge is 0.237 e. The zero-order valence-electron chi connectivity index (χ0n) is 11.4. The van der Waals surface area contributed by atoms with Gasteiger partial charge in [0.05, 0.1) is 0 Å². The minimum absolute atomic E-state index is 0.0215. The summed E-state index contributed by atoms with van der Waals surface area (Å²) in [5.41, 5.74) is 1.33. The lowest BCUT2D eigenvalue weighted by Crippen LogP contribution is -2.48. The van der Waals surface area contributed by atoms with Gasteiger partial charge in [0, 0.05) is 26.2 Å². The monoisotopic (exact) mass is 280 g/mol. The van der Waals surface area contributed by atoms with Gasteiger partial charge in [0.1, 0.15) is 5.88 Å². The molecule has 1 fully saturated rings. The summed E-state index contributed by atoms with van der Waals surface area (Å²) in [6.07, 6.45) is 2.21. The largest absolute Gasteiger partial charge is 0.340 e. The van der Waals surface area contributed by atoms with Crippen LogP contribution in [0, 0.1) is 0 Å². The highest BCUT2D eigenvalue weighted by atomic mass is 35.5. The Morgan fingerprint density at radius 1 is 1.42 bits per heavy atom. The van der Waals surface area contributed by atoms with Crippen molar-refractivity contribution in [2.24, 2.45) is 0 Å². The van der Waals surface area contributed by atoms with Crippen molar-refractivity contribution < 1.29 is 4.79 Å². The van der Waals surface area contributed by atoms with Crippen molar-refractivity contribution in [2.45, 2.75) is 25.4 Å². The van der Waals surface area contributed by atoms with Gasteiger partial charge in [0.2, 0.25) is 5.91 Å². The molecule has 0 aromatic heterocycles. The average Bonchev–Trinajstić information content (AvgIpc) is 2.47. The first-order chi connectivity index (χ1) is 9.20. The lowest BCUT2D eigenvalue weighted by Gasteiger charge is -2.37. The van der Waals surface area contributed by atoms with Gasteiger partial charge in [-0.05, 0) is 24.9 Å². The predicted molar refractivity (Wildman–Crippen MR) is 78.2 cm³/mol. The number of hydrogen-bond acceptors (Lipinski definition) is 2. The van der Waals surface area contributed by atoms with Crippen LogP contribution in [0.2, 0.25) is 0 Å². The molecule has 2 rings (SSSR count). The van der Waals surface area contributed by atoms with Crippen molar-refractivity contribution >= 4 is 17.5 Å². The summed E-state index contributed by atoms with van der Waals surface area (Å²) in [7, 11) is 1.86. The fraction of sp³-hybridized carbons (Fsp3) is 0.533. The first-order valence-electron chi connectivity index (χ1n) is 6.78. The van der Waals surface area contributed by atoms with Crippen molar-refractivity contribution in [1.82, 2.24) is 9.80 Å². The van der Waals surface area contributed by atoms with Crippen molar-refractivity contribution in [3.05, 3.63) is 35.9 Å². The number of benzene rings is 1. The number of carbonyl (C=O) groups is 1. The highest BCUT2D eigenvalue weighted by Crippen LogP contribution is 2.17. The maximum atomic E-state index is 11.7. The predicted octanol–water partition coefficient (Wildman–Crippen LogP) is 2.35. The second-order valence-electron chi connectivity index (χ2n) is 5.16. The standard InChI is InChI=1S/C15H21ClN2O/c1-17(15(19)10-16)14-8-5-9-18(12-14)11-13-6-3-2-4-7-13/h2-4,6-7,14H,5,8-12H2,1H3/t14-/m0/s1. The fourth-order valence-corrected chi connectivity index (χ4v) is 2.82. The lowest BCUT2D eigenvalue weighted by atomic mass is 10.0. The second-order valence-corrected chi connectivity index (χ2v) is 5.42. The Morgan fingerprint density at radius 2 is 2.16 bits per heavy atom. The van der Waals surface area contributed by atoms with Crippen molar-refractivity contribution in [3.8, 4) is 0 Å². The average molecular weight is 281 g/mol. The maximum Gasteiger partial charge on any atom is 0.237 e. The third-order valence-corrected chi connectivity index (χ3v) is 4.01. The van der Waals surface area contributed by atoms with E-state index in [1.165, 1.54) is 5.56 Å². The van der Waals surface area contributed by atoms with Crippen LogP contribution in [-0.2, 0) is 11.3 Å². The van der Waals surface area contributed by atoms with Crippen LogP contribution < -0.4 is 0 Å². The van der Waals surface area contributed by atoms with Crippen LogP contribution in [-0.4, -0.2) is 47.8 Å². The van der Waals surface area contributed by atoms with Crippen LogP contribution in [0.4, 0.5) is 0 Å². The molecule has 1 aliphatic rings. The highest BCUT2D eigenvalue weighted by Gasteiger charge is 2.25. The summed E-state index contributed by atoms with van der Waals surface area (Å²) in [6, 6.07) is 10.8. The van der Waals surface area contributed by atoms with Gasteiger partial charge < -0.3 is 4.90 Å². The van der Waals surface area contributed by atoms with E-state index in [0.717, 1.165) is 32.5 Å². The summed E-state index contributed by atoms with van der Waals surface area (Å²) in [4.78, 5) is 15.9. The molecule has 1 heterocycles. The van der Waals surface area contributed by atoms with E-state index in [-0.39, 0.29) is 11.8 Å². The van der Waals surface area contributed by atoms with Gasteiger partial charge in [-0.25, -0.2) is 0 Å². The number of piperidine rings is 1. The number of hydrogen-bond donors (Lipinski definition) is 0. The SMILES string of the molecule is CN(C(=O)CCl)[C@H]1CCCN(Cc2ccccc2)C1. The topological polar surface area (TPSA) is 23.6 Å². The van der Waals surface area contributed by atoms with Gasteiger partial charge >= 0.3 is 0 Å². The highest BCUT2D eigenvalue weighted by molar-refractivity contribution is 6.27. The Hall–Kier alpha value is -1.06. The molecule has 3 nitrogen and oxygen atoms in total. The molecule has 1 aliphatic heterocycles. The van der Waals surface area contributed by atoms with E-state index < -0.39 is 0 Å². The number of carbonyl (C=O) groups excluding carboxylic acids is 1. The molecule has 0 N–H and O–H groups in total. The molecule has 1 amide bonds. The molecule has 0 bridgehead atoms. The summed E-state index contributed by atoms with van der Waals surface area (Å²) < 4.78 is 0. The molecule has 1 atom stereocenters. The molecule has 4 heteroatoms. The van der Waals surface area contributed by atoms with E-state index in [1.807, 2.05) is 18.0 Å². The minimum atomic E-state index is 0.0215. The van der Waals surface area contributed by atoms with Crippen LogP contribution >= 0.6 is 11.6 Å². The third-order valence-electron chi connectivity index (χ3n) is 3.79. The van der Waals surface area contributed by atoms with Crippen molar-refractivity contribution in [1.29, 1.82) is 0 Å². The molecule has 0 aliphatic carbocycles. The van der Waals surface area contributed by atoms with Gasteiger partial charge in [0.25, 0.3) is 0 Å². The number of rotatable bonds is 4. The molecule has 104 valence electrons. The molecule has 1 aromatic carbocycles. The Labute approximate surface area is 120 Å². The molecule has 0 spiro atoms. The van der Waals surface area contributed by atoms with Crippen LogP contribution in [0.1, 0.15) is 18.4 Å². The minimum Gasteiger partial charge on any atom is -0.340 e. The van der Waals surface area contributed by atoms with Gasteiger partial charge in [-0.2, -0.15) is 0 Å². The van der Waals surface area contributed by atoms with Gasteiger partial charge in [-0.1, -0.05) is 30.3 Å². The van der Waals surface area contributed by atoms with Gasteiger partial charge in [-0.15, -0.1) is 11.6 Å². The Kier molecular flexibility index (Phi) is 5.23. The summed E-state index contributed by atoms with van der Waals surface area (Å²) >= 11 is 5.63. The van der Waals surface area contributed by atoms with Crippen LogP contribution in [0.5, 0.6) is 0 Å². The maximum absolute atomic E-state index is 11.7. The Balaban J connectivity index is 1.92. The van der Waals surface area contributed by atoms with E-state index in [2.05, 4.69) is 29.2 Å². The molecule has 0 unspecified atom stereocenters. The lowest BCUT2D eigenvalue weighted by molar-refractivity contribution is -0.130. The quantitative estimate of drug-likeness (QED) is 0.791. The van der Waals surface area contributed by atoms with E-state index in [1.54, 1.807) is 0 Å². The molecular weight excluding hydrogens is 260 g/mol. The summed E-state index contributed by atoms with van der Waals surface area (Å²) in [6.45, 7) is 3.00. The van der Waals surface area contributed by atoms with E-state index in [9.17, 15) is 4.79 Å². The third kappa shape index (κ3) is 3.95. The Bertz CT molecular complexity index is 410. The van der Waals surface area contributed by atoms with E-state index in [4.69, 9.17) is 11.6 Å². The Morgan fingerprint density at radius 3 is 2.84 bits per heavy atom. The number of likely N-dealkylation sites (tertiary alicyclic amines) is 1. The molecule has 1 aromatic rings. The van der Waals surface area contributed by atoms with E-state index in [0.29, 0.717) is 6.04 Å². The molecule has 19 heavy (non-hydrogen) atoms. The number of halogens is 1. The fourth-order valence-electron chi connectivity index (χ4n) is 2.63. The summed E-state index contributed by atoms with van der Waals surface area (Å²) in [5, 5.41) is 0. The zero-order chi connectivity index (χ0) is 13.7. The molecule has 0 radical (unpaired) electrons. The second kappa shape index (κ2) is 6.92. The van der Waals surface area contributed by atoms with Crippen molar-refractivity contribution in [2.75, 3.05) is 26.0 Å². The number of amides is 1. The van der Waals surface area contributed by atoms with Crippen LogP contribution in [0.3, 0.4) is 0 Å². The van der Waals surface area contributed by atoms with Gasteiger partial charge in [0.15, 0.2) is 0 Å². The van der Waals surface area contributed by atoms with Crippen LogP contribution in [0.15, 0.2) is 30.3 Å². The number of alkyl halides is 1. The van der Waals surface area contributed by atoms with Crippen molar-refractivity contribution in [3.63, 3.8) is 0 Å². The number of likely N-dealkylation sites (N-methyl/N-ethyl adjacent to an activating group) is 1. The summed E-state index contributed by atoms with van der Waals surface area (Å²) in [5.74, 6) is 0.0966. The molecule has 0 saturated carbocycles. The normalized spacial score (nSPS) is 20.2. The van der Waals surface area contributed by atoms with Crippen LogP contribution in [0.25, 0.3) is 0 Å². The first-order valence-corrected chi connectivity index (χ1v) is 7.32. The zero-order valence-corrected chi connectivity index (χ0v) is 12.1.